The normalized spacial score (nSPS) is 9.84. The highest BCUT2D eigenvalue weighted by molar-refractivity contribution is 5.67. The van der Waals surface area contributed by atoms with E-state index in [0.717, 1.165) is 19.3 Å². The van der Waals surface area contributed by atoms with Crippen LogP contribution in [0.25, 0.3) is 0 Å². The molecule has 0 saturated carbocycles. The number of nitrogens with zero attached hydrogens (tertiary/aromatic N) is 1. The maximum atomic E-state index is 11.6. The molecule has 0 atom stereocenters. The molecule has 0 aliphatic carbocycles. The molecule has 1 N–H and O–H groups in total. The van der Waals surface area contributed by atoms with Crippen LogP contribution >= 0.6 is 0 Å². The van der Waals surface area contributed by atoms with E-state index < -0.39 is 6.09 Å². The van der Waals surface area contributed by atoms with E-state index in [-0.39, 0.29) is 6.09 Å². The number of ether oxygens (including phenoxy) is 2. The first-order chi connectivity index (χ1) is 9.15. The molecule has 6 nitrogen and oxygen atoms in total. The average molecular weight is 274 g/mol. The molecule has 0 radical (unpaired) electrons. The summed E-state index contributed by atoms with van der Waals surface area (Å²) in [4.78, 5) is 24.3. The molecule has 0 bridgehead atoms. The Morgan fingerprint density at radius 1 is 1.00 bits per heavy atom. The fourth-order valence-corrected chi connectivity index (χ4v) is 1.58. The third-order valence-electron chi connectivity index (χ3n) is 2.42. The van der Waals surface area contributed by atoms with Crippen molar-refractivity contribution in [3.63, 3.8) is 0 Å². The first-order valence-electron chi connectivity index (χ1n) is 6.97. The minimum Gasteiger partial charge on any atom is -0.450 e. The molecule has 0 unspecified atom stereocenters. The lowest BCUT2D eigenvalue weighted by atomic mass is 10.3. The number of alkyl carbamates (subject to hydrolysis) is 1. The van der Waals surface area contributed by atoms with Crippen molar-refractivity contribution in [3.05, 3.63) is 0 Å². The third kappa shape index (κ3) is 9.16. The van der Waals surface area contributed by atoms with Gasteiger partial charge in [-0.25, -0.2) is 9.59 Å². The summed E-state index contributed by atoms with van der Waals surface area (Å²) in [5, 5.41) is 2.65. The molecular formula is C13H26N2O4. The van der Waals surface area contributed by atoms with Crippen molar-refractivity contribution < 1.29 is 19.1 Å². The van der Waals surface area contributed by atoms with Crippen molar-refractivity contribution in [2.75, 3.05) is 32.8 Å². The molecule has 0 heterocycles. The van der Waals surface area contributed by atoms with Crippen LogP contribution in [0, 0.1) is 0 Å². The Morgan fingerprint density at radius 2 is 1.68 bits per heavy atom. The summed E-state index contributed by atoms with van der Waals surface area (Å²) >= 11 is 0. The zero-order chi connectivity index (χ0) is 14.5. The molecule has 0 spiro atoms. The van der Waals surface area contributed by atoms with Gasteiger partial charge in [-0.05, 0) is 33.1 Å². The summed E-state index contributed by atoms with van der Waals surface area (Å²) < 4.78 is 9.72. The second-order valence-electron chi connectivity index (χ2n) is 4.04. The fraction of sp³-hybridized carbons (Fsp3) is 0.846. The number of carbonyl (C=O) groups is 2. The van der Waals surface area contributed by atoms with E-state index in [2.05, 4.69) is 5.32 Å². The van der Waals surface area contributed by atoms with Crippen LogP contribution in [0.2, 0.25) is 0 Å². The largest absolute Gasteiger partial charge is 0.450 e. The molecule has 112 valence electrons. The maximum absolute atomic E-state index is 11.6. The Morgan fingerprint density at radius 3 is 2.26 bits per heavy atom. The maximum Gasteiger partial charge on any atom is 0.409 e. The molecule has 0 aromatic rings. The zero-order valence-corrected chi connectivity index (χ0v) is 12.2. The Hall–Kier alpha value is -1.46. The van der Waals surface area contributed by atoms with Crippen molar-refractivity contribution >= 4 is 12.2 Å². The van der Waals surface area contributed by atoms with E-state index >= 15 is 0 Å². The number of unbranched alkanes of at least 4 members (excludes halogenated alkanes) is 1. The molecule has 0 saturated heterocycles. The number of rotatable bonds is 9. The molecule has 0 aromatic heterocycles. The molecule has 19 heavy (non-hydrogen) atoms. The monoisotopic (exact) mass is 274 g/mol. The summed E-state index contributed by atoms with van der Waals surface area (Å²) in [6.45, 7) is 8.26. The summed E-state index contributed by atoms with van der Waals surface area (Å²) in [6, 6.07) is 0. The first-order valence-corrected chi connectivity index (χ1v) is 6.97. The van der Waals surface area contributed by atoms with Crippen molar-refractivity contribution in [3.8, 4) is 0 Å². The fourth-order valence-electron chi connectivity index (χ4n) is 1.58. The number of hydrogen-bond donors (Lipinski definition) is 1. The van der Waals surface area contributed by atoms with Gasteiger partial charge in [-0.1, -0.05) is 6.92 Å². The Balaban J connectivity index is 3.75. The van der Waals surface area contributed by atoms with Crippen LogP contribution in [-0.4, -0.2) is 49.9 Å². The lowest BCUT2D eigenvalue weighted by Gasteiger charge is -2.21. The van der Waals surface area contributed by atoms with Crippen LogP contribution < -0.4 is 5.32 Å². The highest BCUT2D eigenvalue weighted by Crippen LogP contribution is 2.00. The zero-order valence-electron chi connectivity index (χ0n) is 12.2. The van der Waals surface area contributed by atoms with E-state index in [1.165, 1.54) is 0 Å². The lowest BCUT2D eigenvalue weighted by Crippen LogP contribution is -2.34. The molecule has 0 fully saturated rings. The van der Waals surface area contributed by atoms with E-state index in [1.54, 1.807) is 18.7 Å². The first kappa shape index (κ1) is 17.5. The van der Waals surface area contributed by atoms with E-state index in [1.807, 2.05) is 6.92 Å². The van der Waals surface area contributed by atoms with Gasteiger partial charge in [0.2, 0.25) is 0 Å². The number of nitrogens with one attached hydrogen (secondary N) is 1. The standard InChI is InChI=1S/C13H26N2O4/c1-4-10-15(13(17)19-6-3)11-8-7-9-14-12(16)18-5-2/h4-11H2,1-3H3,(H,14,16). The quantitative estimate of drug-likeness (QED) is 0.655. The number of carbonyl (C=O) groups excluding carboxylic acids is 2. The van der Waals surface area contributed by atoms with Gasteiger partial charge >= 0.3 is 12.2 Å². The molecule has 2 amide bonds. The summed E-state index contributed by atoms with van der Waals surface area (Å²) in [7, 11) is 0. The van der Waals surface area contributed by atoms with Crippen LogP contribution in [0.4, 0.5) is 9.59 Å². The topological polar surface area (TPSA) is 67.9 Å². The van der Waals surface area contributed by atoms with Gasteiger partial charge in [-0.15, -0.1) is 0 Å². The van der Waals surface area contributed by atoms with Crippen molar-refractivity contribution in [2.45, 2.75) is 40.0 Å². The van der Waals surface area contributed by atoms with Gasteiger partial charge in [0.1, 0.15) is 0 Å². The van der Waals surface area contributed by atoms with Crippen LogP contribution in [0.15, 0.2) is 0 Å². The summed E-state index contributed by atoms with van der Waals surface area (Å²) in [5.41, 5.74) is 0. The predicted molar refractivity (Wildman–Crippen MR) is 73.1 cm³/mol. The lowest BCUT2D eigenvalue weighted by molar-refractivity contribution is 0.106. The molecule has 0 rings (SSSR count). The van der Waals surface area contributed by atoms with Crippen molar-refractivity contribution in [1.29, 1.82) is 0 Å². The molecular weight excluding hydrogens is 248 g/mol. The Kier molecular flexibility index (Phi) is 10.7. The molecule has 0 aliphatic rings. The summed E-state index contributed by atoms with van der Waals surface area (Å²) in [6.07, 6.45) is 1.88. The van der Waals surface area contributed by atoms with Crippen LogP contribution in [0.3, 0.4) is 0 Å². The van der Waals surface area contributed by atoms with E-state index in [0.29, 0.717) is 32.8 Å². The Labute approximate surface area is 115 Å². The van der Waals surface area contributed by atoms with Crippen LogP contribution in [0.1, 0.15) is 40.0 Å². The van der Waals surface area contributed by atoms with Gasteiger partial charge in [-0.3, -0.25) is 0 Å². The number of amides is 2. The minimum atomic E-state index is -0.390. The van der Waals surface area contributed by atoms with Gasteiger partial charge in [0.15, 0.2) is 0 Å². The predicted octanol–water partition coefficient (Wildman–Crippen LogP) is 2.38. The van der Waals surface area contributed by atoms with Gasteiger partial charge < -0.3 is 19.7 Å². The molecule has 0 aromatic carbocycles. The highest BCUT2D eigenvalue weighted by atomic mass is 16.6. The molecule has 0 aliphatic heterocycles. The second-order valence-corrected chi connectivity index (χ2v) is 4.04. The van der Waals surface area contributed by atoms with Gasteiger partial charge in [0, 0.05) is 19.6 Å². The van der Waals surface area contributed by atoms with Gasteiger partial charge in [-0.2, -0.15) is 0 Å². The van der Waals surface area contributed by atoms with Crippen molar-refractivity contribution in [1.82, 2.24) is 10.2 Å². The third-order valence-corrected chi connectivity index (χ3v) is 2.42. The van der Waals surface area contributed by atoms with Gasteiger partial charge in [0.05, 0.1) is 13.2 Å². The van der Waals surface area contributed by atoms with Crippen LogP contribution in [-0.2, 0) is 9.47 Å². The number of hydrogen-bond acceptors (Lipinski definition) is 4. The average Bonchev–Trinajstić information content (AvgIpc) is 2.37. The second kappa shape index (κ2) is 11.6. The molecule has 6 heteroatoms. The highest BCUT2D eigenvalue weighted by Gasteiger charge is 2.12. The van der Waals surface area contributed by atoms with Crippen LogP contribution in [0.5, 0.6) is 0 Å². The minimum absolute atomic E-state index is 0.261. The SMILES string of the molecule is CCCN(CCCCNC(=O)OCC)C(=O)OCC. The van der Waals surface area contributed by atoms with E-state index in [4.69, 9.17) is 9.47 Å². The van der Waals surface area contributed by atoms with Gasteiger partial charge in [0.25, 0.3) is 0 Å². The van der Waals surface area contributed by atoms with E-state index in [9.17, 15) is 9.59 Å². The Bertz CT molecular complexity index is 259. The van der Waals surface area contributed by atoms with Crippen molar-refractivity contribution in [2.24, 2.45) is 0 Å². The smallest absolute Gasteiger partial charge is 0.409 e. The summed E-state index contributed by atoms with van der Waals surface area (Å²) in [5.74, 6) is 0.